The van der Waals surface area contributed by atoms with Crippen molar-refractivity contribution in [2.24, 2.45) is 7.05 Å². The third kappa shape index (κ3) is 3.44. The number of hydrogen-bond donors (Lipinski definition) is 2. The number of carbonyl (C=O) groups excluding carboxylic acids is 1. The van der Waals surface area contributed by atoms with Gasteiger partial charge < -0.3 is 19.9 Å². The van der Waals surface area contributed by atoms with E-state index >= 15 is 0 Å². The fourth-order valence-corrected chi connectivity index (χ4v) is 1.32. The predicted octanol–water partition coefficient (Wildman–Crippen LogP) is -0.398. The fraction of sp³-hybridized carbons (Fsp3) is 0.556. The van der Waals surface area contributed by atoms with Crippen molar-refractivity contribution >= 4 is 12.0 Å². The topological polar surface area (TPSA) is 100 Å². The van der Waals surface area contributed by atoms with E-state index in [4.69, 9.17) is 5.11 Å². The van der Waals surface area contributed by atoms with Crippen molar-refractivity contribution < 1.29 is 14.7 Å². The first-order chi connectivity index (χ1) is 7.91. The molecule has 0 saturated heterocycles. The normalized spacial score (nSPS) is 11.9. The maximum absolute atomic E-state index is 11.6. The minimum absolute atomic E-state index is 0.341. The Morgan fingerprint density at radius 3 is 2.76 bits per heavy atom. The number of aryl methyl sites for hydroxylation is 1. The van der Waals surface area contributed by atoms with Crippen molar-refractivity contribution in [1.82, 2.24) is 25.0 Å². The number of aliphatic carboxylic acids is 1. The Bertz CT molecular complexity index is 417. The summed E-state index contributed by atoms with van der Waals surface area (Å²) < 4.78 is 1.68. The highest BCUT2D eigenvalue weighted by atomic mass is 16.4. The van der Waals surface area contributed by atoms with Gasteiger partial charge in [0, 0.05) is 14.1 Å². The van der Waals surface area contributed by atoms with E-state index < -0.39 is 12.0 Å². The third-order valence-electron chi connectivity index (χ3n) is 2.19. The number of amides is 2. The van der Waals surface area contributed by atoms with Gasteiger partial charge in [-0.1, -0.05) is 0 Å². The van der Waals surface area contributed by atoms with Crippen LogP contribution < -0.4 is 5.32 Å². The van der Waals surface area contributed by atoms with Crippen LogP contribution in [0.25, 0.3) is 0 Å². The predicted molar refractivity (Wildman–Crippen MR) is 58.2 cm³/mol. The summed E-state index contributed by atoms with van der Waals surface area (Å²) in [5.41, 5.74) is 0. The van der Waals surface area contributed by atoms with Crippen LogP contribution in [0, 0.1) is 0 Å². The highest BCUT2D eigenvalue weighted by Gasteiger charge is 2.17. The monoisotopic (exact) mass is 241 g/mol. The fourth-order valence-electron chi connectivity index (χ4n) is 1.32. The number of hydrogen-bond acceptors (Lipinski definition) is 4. The molecule has 0 aromatic carbocycles. The molecule has 0 aliphatic carbocycles. The summed E-state index contributed by atoms with van der Waals surface area (Å²) in [5, 5.41) is 18.7. The van der Waals surface area contributed by atoms with Crippen LogP contribution in [-0.2, 0) is 11.8 Å². The summed E-state index contributed by atoms with van der Waals surface area (Å²) in [5.74, 6) is -0.462. The number of nitrogens with one attached hydrogen (secondary N) is 1. The summed E-state index contributed by atoms with van der Waals surface area (Å²) in [7, 11) is 3.17. The number of carbonyl (C=O) groups is 2. The Morgan fingerprint density at radius 1 is 1.65 bits per heavy atom. The lowest BCUT2D eigenvalue weighted by molar-refractivity contribution is -0.137. The van der Waals surface area contributed by atoms with Crippen LogP contribution in [0.3, 0.4) is 0 Å². The number of likely N-dealkylation sites (N-methyl/N-ethyl adjacent to an activating group) is 1. The second kappa shape index (κ2) is 5.28. The first kappa shape index (κ1) is 12.9. The molecule has 1 heterocycles. The molecule has 2 amide bonds. The van der Waals surface area contributed by atoms with Gasteiger partial charge in [0.15, 0.2) is 5.82 Å². The number of carboxylic acids is 1. The van der Waals surface area contributed by atoms with E-state index in [0.717, 1.165) is 4.90 Å². The summed E-state index contributed by atoms with van der Waals surface area (Å²) >= 11 is 0. The van der Waals surface area contributed by atoms with E-state index in [2.05, 4.69) is 15.5 Å². The molecule has 1 atom stereocenters. The van der Waals surface area contributed by atoms with Crippen molar-refractivity contribution in [3.05, 3.63) is 12.2 Å². The number of carboxylic acid groups (broad SMARTS) is 1. The highest BCUT2D eigenvalue weighted by Crippen LogP contribution is 2.07. The lowest BCUT2D eigenvalue weighted by Crippen LogP contribution is -2.41. The molecule has 0 saturated carbocycles. The molecule has 2 N–H and O–H groups in total. The third-order valence-corrected chi connectivity index (χ3v) is 2.19. The highest BCUT2D eigenvalue weighted by molar-refractivity contribution is 5.79. The second-order valence-corrected chi connectivity index (χ2v) is 3.72. The van der Waals surface area contributed by atoms with Gasteiger partial charge in [0.05, 0.1) is 6.04 Å². The molecule has 1 aromatic rings. The van der Waals surface area contributed by atoms with E-state index in [1.807, 2.05) is 0 Å². The zero-order valence-corrected chi connectivity index (χ0v) is 9.91. The number of nitrogens with zero attached hydrogens (tertiary/aromatic N) is 4. The molecule has 0 aliphatic heterocycles. The van der Waals surface area contributed by atoms with E-state index in [0.29, 0.717) is 5.82 Å². The van der Waals surface area contributed by atoms with E-state index in [-0.39, 0.29) is 12.6 Å². The number of urea groups is 1. The van der Waals surface area contributed by atoms with Gasteiger partial charge in [-0.3, -0.25) is 4.79 Å². The zero-order chi connectivity index (χ0) is 13.0. The maximum Gasteiger partial charge on any atom is 0.323 e. The quantitative estimate of drug-likeness (QED) is 0.747. The standard InChI is InChI=1S/C9H15N5O3/c1-6(8-12-10-5-14(8)3)11-9(17)13(2)4-7(15)16/h5-6H,4H2,1-3H3,(H,11,17)(H,15,16). The Hall–Kier alpha value is -2.12. The first-order valence-electron chi connectivity index (χ1n) is 4.99. The smallest absolute Gasteiger partial charge is 0.323 e. The number of rotatable bonds is 4. The van der Waals surface area contributed by atoms with Crippen molar-refractivity contribution in [3.8, 4) is 0 Å². The molecule has 1 rings (SSSR count). The molecule has 0 bridgehead atoms. The molecule has 0 spiro atoms. The van der Waals surface area contributed by atoms with E-state index in [9.17, 15) is 9.59 Å². The van der Waals surface area contributed by atoms with Gasteiger partial charge >= 0.3 is 12.0 Å². The zero-order valence-electron chi connectivity index (χ0n) is 9.91. The van der Waals surface area contributed by atoms with Crippen molar-refractivity contribution in [1.29, 1.82) is 0 Å². The van der Waals surface area contributed by atoms with Gasteiger partial charge in [-0.05, 0) is 6.92 Å². The lowest BCUT2D eigenvalue weighted by atomic mass is 10.3. The molecular formula is C9H15N5O3. The Balaban J connectivity index is 2.57. The van der Waals surface area contributed by atoms with Crippen molar-refractivity contribution in [2.45, 2.75) is 13.0 Å². The van der Waals surface area contributed by atoms with Crippen LogP contribution in [0.5, 0.6) is 0 Å². The van der Waals surface area contributed by atoms with Crippen LogP contribution in [0.15, 0.2) is 6.33 Å². The van der Waals surface area contributed by atoms with Crippen LogP contribution >= 0.6 is 0 Å². The minimum Gasteiger partial charge on any atom is -0.480 e. The molecule has 8 heteroatoms. The number of aromatic nitrogens is 3. The van der Waals surface area contributed by atoms with Gasteiger partial charge in [-0.15, -0.1) is 10.2 Å². The second-order valence-electron chi connectivity index (χ2n) is 3.72. The molecule has 17 heavy (non-hydrogen) atoms. The van der Waals surface area contributed by atoms with Crippen molar-refractivity contribution in [2.75, 3.05) is 13.6 Å². The molecule has 0 fully saturated rings. The Morgan fingerprint density at radius 2 is 2.29 bits per heavy atom. The summed E-state index contributed by atoms with van der Waals surface area (Å²) in [6, 6.07) is -0.811. The molecular weight excluding hydrogens is 226 g/mol. The van der Waals surface area contributed by atoms with E-state index in [1.54, 1.807) is 18.5 Å². The largest absolute Gasteiger partial charge is 0.480 e. The van der Waals surface area contributed by atoms with Crippen LogP contribution in [0.1, 0.15) is 18.8 Å². The lowest BCUT2D eigenvalue weighted by Gasteiger charge is -2.19. The van der Waals surface area contributed by atoms with Gasteiger partial charge in [-0.25, -0.2) is 4.79 Å². The van der Waals surface area contributed by atoms with Crippen LogP contribution in [0.2, 0.25) is 0 Å². The Labute approximate surface area is 98.2 Å². The average Bonchev–Trinajstić information content (AvgIpc) is 2.63. The molecule has 1 unspecified atom stereocenters. The van der Waals surface area contributed by atoms with Crippen molar-refractivity contribution in [3.63, 3.8) is 0 Å². The average molecular weight is 241 g/mol. The van der Waals surface area contributed by atoms with Gasteiger partial charge in [-0.2, -0.15) is 0 Å². The van der Waals surface area contributed by atoms with E-state index in [1.165, 1.54) is 13.4 Å². The summed E-state index contributed by atoms with van der Waals surface area (Å²) in [4.78, 5) is 23.1. The molecule has 8 nitrogen and oxygen atoms in total. The maximum atomic E-state index is 11.6. The van der Waals surface area contributed by atoms with Gasteiger partial charge in [0.2, 0.25) is 0 Å². The molecule has 0 aliphatic rings. The van der Waals surface area contributed by atoms with Crippen LogP contribution in [0.4, 0.5) is 4.79 Å². The summed E-state index contributed by atoms with van der Waals surface area (Å²) in [6.45, 7) is 1.40. The molecule has 1 aromatic heterocycles. The summed E-state index contributed by atoms with van der Waals surface area (Å²) in [6.07, 6.45) is 1.53. The van der Waals surface area contributed by atoms with Crippen LogP contribution in [-0.4, -0.2) is 50.4 Å². The SMILES string of the molecule is CC(NC(=O)N(C)CC(=O)O)c1nncn1C. The van der Waals surface area contributed by atoms with Gasteiger partial charge in [0.25, 0.3) is 0 Å². The van der Waals surface area contributed by atoms with Gasteiger partial charge in [0.1, 0.15) is 12.9 Å². The Kier molecular flexibility index (Phi) is 4.02. The molecule has 0 radical (unpaired) electrons. The first-order valence-corrected chi connectivity index (χ1v) is 4.99. The minimum atomic E-state index is -1.06. The molecule has 94 valence electrons.